The zero-order chi connectivity index (χ0) is 18.1. The van der Waals surface area contributed by atoms with Crippen molar-refractivity contribution in [2.75, 3.05) is 0 Å². The lowest BCUT2D eigenvalue weighted by molar-refractivity contribution is 0.100. The molecule has 0 heterocycles. The average Bonchev–Trinajstić information content (AvgIpc) is 2.57. The van der Waals surface area contributed by atoms with Gasteiger partial charge in [0.25, 0.3) is 5.91 Å². The molecule has 126 valence electrons. The average molecular weight is 341 g/mol. The van der Waals surface area contributed by atoms with Crippen LogP contribution < -0.4 is 11.5 Å². The van der Waals surface area contributed by atoms with Crippen LogP contribution in [-0.2, 0) is 0 Å². The summed E-state index contributed by atoms with van der Waals surface area (Å²) in [7, 11) is 0. The van der Waals surface area contributed by atoms with E-state index in [2.05, 4.69) is 4.99 Å². The summed E-state index contributed by atoms with van der Waals surface area (Å²) in [5, 5.41) is 11.1. The van der Waals surface area contributed by atoms with Crippen LogP contribution >= 0.6 is 0 Å². The Balaban J connectivity index is 2.29. The number of benzene rings is 3. The van der Waals surface area contributed by atoms with Crippen molar-refractivity contribution in [3.8, 4) is 16.9 Å². The molecule has 5 N–H and O–H groups in total. The van der Waals surface area contributed by atoms with Crippen molar-refractivity contribution in [2.45, 2.75) is 0 Å². The molecule has 0 saturated heterocycles. The molecule has 0 aliphatic heterocycles. The van der Waals surface area contributed by atoms with Crippen molar-refractivity contribution in [2.24, 2.45) is 16.5 Å². The predicted octanol–water partition coefficient (Wildman–Crippen LogP) is 2.90. The van der Waals surface area contributed by atoms with Gasteiger partial charge in [-0.25, -0.2) is 8.78 Å². The summed E-state index contributed by atoms with van der Waals surface area (Å²) in [5.74, 6) is -3.72. The largest absolute Gasteiger partial charge is 0.507 e. The van der Waals surface area contributed by atoms with Gasteiger partial charge >= 0.3 is 0 Å². The number of phenolic OH excluding ortho intramolecular Hbond substituents is 1. The minimum absolute atomic E-state index is 0.171. The number of phenols is 1. The van der Waals surface area contributed by atoms with Crippen molar-refractivity contribution < 1.29 is 18.7 Å². The fourth-order valence-corrected chi connectivity index (χ4v) is 2.60. The number of guanidine groups is 1. The maximum atomic E-state index is 14.3. The Hall–Kier alpha value is -3.48. The first-order valence-corrected chi connectivity index (χ1v) is 7.22. The normalized spacial score (nSPS) is 10.6. The fraction of sp³-hybridized carbons (Fsp3) is 0. The number of carbonyl (C=O) groups excluding carboxylic acids is 1. The van der Waals surface area contributed by atoms with Gasteiger partial charge in [0.2, 0.25) is 0 Å². The molecule has 7 heteroatoms. The third-order valence-corrected chi connectivity index (χ3v) is 3.70. The highest BCUT2D eigenvalue weighted by Crippen LogP contribution is 2.37. The molecule has 0 aliphatic rings. The highest BCUT2D eigenvalue weighted by molar-refractivity contribution is 6.06. The van der Waals surface area contributed by atoms with Gasteiger partial charge in [-0.1, -0.05) is 24.3 Å². The van der Waals surface area contributed by atoms with Gasteiger partial charge in [0, 0.05) is 5.56 Å². The van der Waals surface area contributed by atoms with E-state index < -0.39 is 23.3 Å². The molecule has 25 heavy (non-hydrogen) atoms. The van der Waals surface area contributed by atoms with Crippen LogP contribution in [0.15, 0.2) is 53.5 Å². The van der Waals surface area contributed by atoms with Crippen molar-refractivity contribution in [1.82, 2.24) is 0 Å². The molecule has 0 spiro atoms. The Morgan fingerprint density at radius 2 is 1.80 bits per heavy atom. The summed E-state index contributed by atoms with van der Waals surface area (Å²) in [5.41, 5.74) is 10.5. The summed E-state index contributed by atoms with van der Waals surface area (Å²) in [6.45, 7) is 0. The second-order valence-electron chi connectivity index (χ2n) is 5.34. The second kappa shape index (κ2) is 6.20. The Morgan fingerprint density at radius 1 is 1.04 bits per heavy atom. The van der Waals surface area contributed by atoms with Crippen molar-refractivity contribution in [3.05, 3.63) is 65.7 Å². The zero-order valence-electron chi connectivity index (χ0n) is 12.8. The predicted molar refractivity (Wildman–Crippen MR) is 91.1 cm³/mol. The topological polar surface area (TPSA) is 102 Å². The molecule has 3 rings (SSSR count). The van der Waals surface area contributed by atoms with Crippen molar-refractivity contribution in [3.63, 3.8) is 0 Å². The van der Waals surface area contributed by atoms with Crippen LogP contribution in [0.5, 0.6) is 5.75 Å². The molecule has 0 bridgehead atoms. The van der Waals surface area contributed by atoms with Gasteiger partial charge in [0.05, 0.1) is 5.56 Å². The quantitative estimate of drug-likeness (QED) is 0.493. The van der Waals surface area contributed by atoms with E-state index in [1.165, 1.54) is 18.2 Å². The Bertz CT molecular complexity index is 1030. The van der Waals surface area contributed by atoms with Gasteiger partial charge in [-0.3, -0.25) is 4.79 Å². The first kappa shape index (κ1) is 16.4. The molecular weight excluding hydrogens is 328 g/mol. The number of aromatic hydroxyl groups is 1. The lowest BCUT2D eigenvalue weighted by Gasteiger charge is -2.11. The van der Waals surface area contributed by atoms with E-state index in [4.69, 9.17) is 11.5 Å². The Kier molecular flexibility index (Phi) is 4.06. The molecule has 3 aromatic rings. The van der Waals surface area contributed by atoms with Crippen molar-refractivity contribution >= 4 is 22.6 Å². The number of aliphatic imine (C=N–C) groups is 1. The highest BCUT2D eigenvalue weighted by Gasteiger charge is 2.18. The first-order valence-electron chi connectivity index (χ1n) is 7.22. The maximum absolute atomic E-state index is 14.3. The van der Waals surface area contributed by atoms with Crippen LogP contribution in [0.3, 0.4) is 0 Å². The molecule has 0 unspecified atom stereocenters. The van der Waals surface area contributed by atoms with Crippen LogP contribution in [-0.4, -0.2) is 17.0 Å². The third kappa shape index (κ3) is 2.99. The van der Waals surface area contributed by atoms with Gasteiger partial charge in [-0.2, -0.15) is 4.99 Å². The van der Waals surface area contributed by atoms with Crippen LogP contribution in [0, 0.1) is 11.6 Å². The highest BCUT2D eigenvalue weighted by atomic mass is 19.2. The molecule has 0 atom stereocenters. The Morgan fingerprint density at radius 3 is 2.52 bits per heavy atom. The number of amides is 1. The standard InChI is InChI=1S/C18H13F2N3O2/c19-13-6-7-14(24)15(16(13)20)11-3-1-2-9-4-5-10(8-12(9)11)17(25)23-18(21)22/h1-8,24H,(H4,21,22,23,25). The summed E-state index contributed by atoms with van der Waals surface area (Å²) in [4.78, 5) is 15.5. The molecule has 0 radical (unpaired) electrons. The number of nitrogens with zero attached hydrogens (tertiary/aromatic N) is 1. The summed E-state index contributed by atoms with van der Waals surface area (Å²) >= 11 is 0. The summed E-state index contributed by atoms with van der Waals surface area (Å²) in [6, 6.07) is 11.4. The Labute approximate surface area is 141 Å². The van der Waals surface area contributed by atoms with E-state index in [9.17, 15) is 18.7 Å². The van der Waals surface area contributed by atoms with Gasteiger partial charge in [0.1, 0.15) is 5.75 Å². The lowest BCUT2D eigenvalue weighted by atomic mass is 9.95. The number of rotatable bonds is 2. The lowest BCUT2D eigenvalue weighted by Crippen LogP contribution is -2.24. The number of carbonyl (C=O) groups is 1. The van der Waals surface area contributed by atoms with Gasteiger partial charge < -0.3 is 16.6 Å². The van der Waals surface area contributed by atoms with Crippen LogP contribution in [0.2, 0.25) is 0 Å². The summed E-state index contributed by atoms with van der Waals surface area (Å²) in [6.07, 6.45) is 0. The van der Waals surface area contributed by atoms with Gasteiger partial charge in [0.15, 0.2) is 17.6 Å². The van der Waals surface area contributed by atoms with Crippen molar-refractivity contribution in [1.29, 1.82) is 0 Å². The van der Waals surface area contributed by atoms with Gasteiger partial charge in [-0.05, 0) is 40.6 Å². The van der Waals surface area contributed by atoms with E-state index in [0.29, 0.717) is 10.8 Å². The number of hydrogen-bond acceptors (Lipinski definition) is 2. The number of nitrogens with two attached hydrogens (primary N) is 2. The number of hydrogen-bond donors (Lipinski definition) is 3. The first-order chi connectivity index (χ1) is 11.9. The molecule has 1 amide bonds. The molecule has 3 aromatic carbocycles. The minimum atomic E-state index is -1.17. The van der Waals surface area contributed by atoms with E-state index in [0.717, 1.165) is 12.1 Å². The second-order valence-corrected chi connectivity index (χ2v) is 5.34. The number of fused-ring (bicyclic) bond motifs is 1. The van der Waals surface area contributed by atoms with Crippen LogP contribution in [0.4, 0.5) is 8.78 Å². The van der Waals surface area contributed by atoms with E-state index >= 15 is 0 Å². The molecule has 0 fully saturated rings. The smallest absolute Gasteiger partial charge is 0.280 e. The third-order valence-electron chi connectivity index (χ3n) is 3.70. The zero-order valence-corrected chi connectivity index (χ0v) is 12.8. The SMILES string of the molecule is NC(N)=NC(=O)c1ccc2cccc(-c3c(O)ccc(F)c3F)c2c1. The van der Waals surface area contributed by atoms with Crippen LogP contribution in [0.25, 0.3) is 21.9 Å². The molecular formula is C18H13F2N3O2. The summed E-state index contributed by atoms with van der Waals surface area (Å²) < 4.78 is 27.9. The molecule has 0 saturated carbocycles. The van der Waals surface area contributed by atoms with Crippen LogP contribution in [0.1, 0.15) is 10.4 Å². The maximum Gasteiger partial charge on any atom is 0.280 e. The minimum Gasteiger partial charge on any atom is -0.507 e. The number of halogens is 2. The van der Waals surface area contributed by atoms with E-state index in [-0.39, 0.29) is 22.6 Å². The molecule has 5 nitrogen and oxygen atoms in total. The molecule has 0 aromatic heterocycles. The van der Waals surface area contributed by atoms with Gasteiger partial charge in [-0.15, -0.1) is 0 Å². The van der Waals surface area contributed by atoms with E-state index in [1.807, 2.05) is 0 Å². The molecule has 0 aliphatic carbocycles. The van der Waals surface area contributed by atoms with E-state index in [1.54, 1.807) is 18.2 Å². The fourth-order valence-electron chi connectivity index (χ4n) is 2.60. The monoisotopic (exact) mass is 341 g/mol.